The third-order valence-corrected chi connectivity index (χ3v) is 5.57. The van der Waals surface area contributed by atoms with Gasteiger partial charge in [-0.2, -0.15) is 0 Å². The molecule has 0 saturated carbocycles. The first-order valence-electron chi connectivity index (χ1n) is 8.70. The van der Waals surface area contributed by atoms with Crippen LogP contribution in [-0.2, 0) is 6.54 Å². The van der Waals surface area contributed by atoms with Crippen LogP contribution in [0.5, 0.6) is 0 Å². The van der Waals surface area contributed by atoms with E-state index in [0.717, 1.165) is 37.1 Å². The Labute approximate surface area is 154 Å². The average Bonchev–Trinajstić information content (AvgIpc) is 2.67. The van der Waals surface area contributed by atoms with E-state index in [1.165, 1.54) is 4.90 Å². The molecule has 0 atom stereocenters. The van der Waals surface area contributed by atoms with E-state index in [4.69, 9.17) is 0 Å². The number of benzene rings is 1. The van der Waals surface area contributed by atoms with Crippen molar-refractivity contribution in [3.05, 3.63) is 59.9 Å². The van der Waals surface area contributed by atoms with E-state index in [1.807, 2.05) is 42.7 Å². The fraction of sp³-hybridized carbons (Fsp3) is 0.400. The van der Waals surface area contributed by atoms with Gasteiger partial charge in [-0.3, -0.25) is 9.78 Å². The van der Waals surface area contributed by atoms with Gasteiger partial charge in [-0.1, -0.05) is 0 Å². The van der Waals surface area contributed by atoms with Crippen LogP contribution in [-0.4, -0.2) is 53.1 Å². The molecule has 1 aliphatic rings. The Morgan fingerprint density at radius 1 is 1.16 bits per heavy atom. The Morgan fingerprint density at radius 3 is 2.40 bits per heavy atom. The van der Waals surface area contributed by atoms with E-state index in [2.05, 4.69) is 21.8 Å². The van der Waals surface area contributed by atoms with Crippen LogP contribution in [0.3, 0.4) is 0 Å². The standard InChI is InChI=1S/C20H25N3OS/c1-22-13-9-18(10-14-22)23(15-16-7-11-21-12-8-16)20(24)17-3-5-19(25-2)6-4-17/h3-8,11-12,18H,9-10,13-15H2,1-2H3. The van der Waals surface area contributed by atoms with Crippen LogP contribution in [0.1, 0.15) is 28.8 Å². The highest BCUT2D eigenvalue weighted by molar-refractivity contribution is 7.98. The number of carbonyl (C=O) groups is 1. The molecule has 0 N–H and O–H groups in total. The van der Waals surface area contributed by atoms with Crippen molar-refractivity contribution in [2.45, 2.75) is 30.3 Å². The maximum atomic E-state index is 13.2. The number of aromatic nitrogens is 1. The van der Waals surface area contributed by atoms with Crippen LogP contribution in [0.25, 0.3) is 0 Å². The highest BCUT2D eigenvalue weighted by Crippen LogP contribution is 2.22. The first kappa shape index (κ1) is 18.0. The van der Waals surface area contributed by atoms with Crippen molar-refractivity contribution >= 4 is 17.7 Å². The van der Waals surface area contributed by atoms with E-state index < -0.39 is 0 Å². The van der Waals surface area contributed by atoms with Crippen LogP contribution in [0.4, 0.5) is 0 Å². The molecule has 0 bridgehead atoms. The van der Waals surface area contributed by atoms with Crippen LogP contribution in [0.15, 0.2) is 53.7 Å². The number of hydrogen-bond donors (Lipinski definition) is 0. The zero-order valence-electron chi connectivity index (χ0n) is 14.9. The smallest absolute Gasteiger partial charge is 0.254 e. The molecular weight excluding hydrogens is 330 g/mol. The molecular formula is C20H25N3OS. The second kappa shape index (κ2) is 8.50. The third-order valence-electron chi connectivity index (χ3n) is 4.83. The normalized spacial score (nSPS) is 15.9. The quantitative estimate of drug-likeness (QED) is 0.769. The number of amides is 1. The van der Waals surface area contributed by atoms with E-state index >= 15 is 0 Å². The lowest BCUT2D eigenvalue weighted by Crippen LogP contribution is -2.46. The molecule has 0 unspecified atom stereocenters. The minimum Gasteiger partial charge on any atom is -0.331 e. The van der Waals surface area contributed by atoms with Gasteiger partial charge in [0.2, 0.25) is 0 Å². The minimum absolute atomic E-state index is 0.124. The summed E-state index contributed by atoms with van der Waals surface area (Å²) in [5.74, 6) is 0.124. The Morgan fingerprint density at radius 2 is 1.80 bits per heavy atom. The van der Waals surface area contributed by atoms with Crippen LogP contribution in [0.2, 0.25) is 0 Å². The summed E-state index contributed by atoms with van der Waals surface area (Å²) in [6.45, 7) is 2.71. The van der Waals surface area contributed by atoms with E-state index in [9.17, 15) is 4.79 Å². The maximum absolute atomic E-state index is 13.2. The number of nitrogens with zero attached hydrogens (tertiary/aromatic N) is 3. The molecule has 1 amide bonds. The van der Waals surface area contributed by atoms with Gasteiger partial charge in [-0.05, 0) is 81.2 Å². The van der Waals surface area contributed by atoms with Gasteiger partial charge in [0.1, 0.15) is 0 Å². The van der Waals surface area contributed by atoms with Crippen molar-refractivity contribution in [2.24, 2.45) is 0 Å². The molecule has 0 aliphatic carbocycles. The predicted octanol–water partition coefficient (Wildman–Crippen LogP) is 3.54. The molecule has 1 fully saturated rings. The Balaban J connectivity index is 1.82. The maximum Gasteiger partial charge on any atom is 0.254 e. The molecule has 4 nitrogen and oxygen atoms in total. The molecule has 5 heteroatoms. The van der Waals surface area contributed by atoms with E-state index in [1.54, 1.807) is 24.2 Å². The largest absolute Gasteiger partial charge is 0.331 e. The topological polar surface area (TPSA) is 36.4 Å². The van der Waals surface area contributed by atoms with Gasteiger partial charge in [0.25, 0.3) is 5.91 Å². The van der Waals surface area contributed by atoms with Gasteiger partial charge >= 0.3 is 0 Å². The molecule has 1 saturated heterocycles. The summed E-state index contributed by atoms with van der Waals surface area (Å²) in [4.78, 5) is 22.9. The second-order valence-corrected chi connectivity index (χ2v) is 7.43. The zero-order chi connectivity index (χ0) is 17.6. The molecule has 1 aromatic carbocycles. The number of rotatable bonds is 5. The molecule has 1 aromatic heterocycles. The fourth-order valence-electron chi connectivity index (χ4n) is 3.26. The minimum atomic E-state index is 0.124. The van der Waals surface area contributed by atoms with E-state index in [-0.39, 0.29) is 11.9 Å². The van der Waals surface area contributed by atoms with Crippen molar-refractivity contribution in [2.75, 3.05) is 26.4 Å². The number of likely N-dealkylation sites (tertiary alicyclic amines) is 1. The van der Waals surface area contributed by atoms with Crippen molar-refractivity contribution in [1.29, 1.82) is 0 Å². The molecule has 3 rings (SSSR count). The van der Waals surface area contributed by atoms with E-state index in [0.29, 0.717) is 6.54 Å². The van der Waals surface area contributed by atoms with Crippen molar-refractivity contribution in [3.63, 3.8) is 0 Å². The molecule has 2 heterocycles. The van der Waals surface area contributed by atoms with Gasteiger partial charge in [-0.15, -0.1) is 11.8 Å². The summed E-state index contributed by atoms with van der Waals surface area (Å²) < 4.78 is 0. The number of thioether (sulfide) groups is 1. The Hall–Kier alpha value is -1.85. The van der Waals surface area contributed by atoms with Crippen molar-refractivity contribution in [3.8, 4) is 0 Å². The summed E-state index contributed by atoms with van der Waals surface area (Å²) >= 11 is 1.69. The molecule has 25 heavy (non-hydrogen) atoms. The zero-order valence-corrected chi connectivity index (χ0v) is 15.7. The average molecular weight is 356 g/mol. The summed E-state index contributed by atoms with van der Waals surface area (Å²) in [7, 11) is 2.15. The summed E-state index contributed by atoms with van der Waals surface area (Å²) in [6.07, 6.45) is 7.68. The first-order valence-corrected chi connectivity index (χ1v) is 9.92. The second-order valence-electron chi connectivity index (χ2n) is 6.55. The lowest BCUT2D eigenvalue weighted by atomic mass is 10.0. The monoisotopic (exact) mass is 355 g/mol. The highest BCUT2D eigenvalue weighted by Gasteiger charge is 2.27. The van der Waals surface area contributed by atoms with Gasteiger partial charge < -0.3 is 9.80 Å². The van der Waals surface area contributed by atoms with Crippen molar-refractivity contribution in [1.82, 2.24) is 14.8 Å². The van der Waals surface area contributed by atoms with Crippen LogP contribution < -0.4 is 0 Å². The Bertz CT molecular complexity index is 682. The SMILES string of the molecule is CSc1ccc(C(=O)N(Cc2ccncc2)C2CCN(C)CC2)cc1. The molecule has 2 aromatic rings. The summed E-state index contributed by atoms with van der Waals surface area (Å²) in [5.41, 5.74) is 1.90. The molecule has 0 spiro atoms. The molecule has 1 aliphatic heterocycles. The molecule has 132 valence electrons. The Kier molecular flexibility index (Phi) is 6.10. The highest BCUT2D eigenvalue weighted by atomic mass is 32.2. The van der Waals surface area contributed by atoms with Gasteiger partial charge in [0.15, 0.2) is 0 Å². The van der Waals surface area contributed by atoms with Gasteiger partial charge in [0, 0.05) is 35.4 Å². The van der Waals surface area contributed by atoms with Gasteiger partial charge in [-0.25, -0.2) is 0 Å². The lowest BCUT2D eigenvalue weighted by Gasteiger charge is -2.37. The third kappa shape index (κ3) is 4.61. The lowest BCUT2D eigenvalue weighted by molar-refractivity contribution is 0.0569. The number of pyridine rings is 1. The van der Waals surface area contributed by atoms with Crippen LogP contribution in [0, 0.1) is 0 Å². The number of carbonyl (C=O) groups excluding carboxylic acids is 1. The summed E-state index contributed by atoms with van der Waals surface area (Å²) in [6, 6.07) is 12.2. The van der Waals surface area contributed by atoms with Crippen molar-refractivity contribution < 1.29 is 4.79 Å². The summed E-state index contributed by atoms with van der Waals surface area (Å²) in [5, 5.41) is 0. The van der Waals surface area contributed by atoms with Crippen LogP contribution >= 0.6 is 11.8 Å². The predicted molar refractivity (Wildman–Crippen MR) is 103 cm³/mol. The first-order chi connectivity index (χ1) is 12.2. The fourth-order valence-corrected chi connectivity index (χ4v) is 3.67. The molecule has 0 radical (unpaired) electrons. The van der Waals surface area contributed by atoms with Gasteiger partial charge in [0.05, 0.1) is 0 Å². The number of hydrogen-bond acceptors (Lipinski definition) is 4. The number of piperidine rings is 1.